The fraction of sp³-hybridized carbons (Fsp3) is 0.526. The minimum absolute atomic E-state index is 0.0286. The molecule has 1 aliphatic rings. The number of benzene rings is 1. The first-order chi connectivity index (χ1) is 11.5. The lowest BCUT2D eigenvalue weighted by atomic mass is 10.1. The number of aromatic nitrogens is 1. The molecule has 0 spiro atoms. The average Bonchev–Trinajstić information content (AvgIpc) is 3.17. The lowest BCUT2D eigenvalue weighted by Gasteiger charge is -2.20. The molecule has 2 aromatic rings. The van der Waals surface area contributed by atoms with Crippen molar-refractivity contribution in [1.82, 2.24) is 14.8 Å². The molecule has 2 atom stereocenters. The maximum atomic E-state index is 12.7. The van der Waals surface area contributed by atoms with Crippen LogP contribution < -0.4 is 5.32 Å². The molecule has 5 heteroatoms. The molecule has 0 aliphatic carbocycles. The summed E-state index contributed by atoms with van der Waals surface area (Å²) in [4.78, 5) is 15.0. The smallest absolute Gasteiger partial charge is 0.251 e. The van der Waals surface area contributed by atoms with Gasteiger partial charge in [0.05, 0.1) is 12.1 Å². The molecule has 0 radical (unpaired) electrons. The molecule has 0 bridgehead atoms. The van der Waals surface area contributed by atoms with E-state index in [1.807, 2.05) is 18.2 Å². The number of fused-ring (bicyclic) bond motifs is 1. The zero-order valence-corrected chi connectivity index (χ0v) is 15.0. The highest BCUT2D eigenvalue weighted by molar-refractivity contribution is 5.98. The Hall–Kier alpha value is -1.85. The number of methoxy groups -OCH3 is 1. The number of amides is 1. The molecule has 1 fully saturated rings. The van der Waals surface area contributed by atoms with Crippen molar-refractivity contribution in [3.05, 3.63) is 36.0 Å². The molecular formula is C19H27N3O2. The van der Waals surface area contributed by atoms with Gasteiger partial charge in [0, 0.05) is 55.4 Å². The average molecular weight is 329 g/mol. The first-order valence-electron chi connectivity index (χ1n) is 8.70. The number of hydrogen-bond donors (Lipinski definition) is 1. The Morgan fingerprint density at radius 3 is 2.79 bits per heavy atom. The second kappa shape index (κ2) is 6.95. The molecule has 5 nitrogen and oxygen atoms in total. The third-order valence-electron chi connectivity index (χ3n) is 5.02. The number of hydrogen-bond acceptors (Lipinski definition) is 3. The van der Waals surface area contributed by atoms with Gasteiger partial charge in [-0.3, -0.25) is 9.69 Å². The monoisotopic (exact) mass is 329 g/mol. The van der Waals surface area contributed by atoms with Gasteiger partial charge in [-0.2, -0.15) is 0 Å². The van der Waals surface area contributed by atoms with E-state index in [0.717, 1.165) is 30.5 Å². The zero-order chi connectivity index (χ0) is 17.3. The van der Waals surface area contributed by atoms with Crippen LogP contribution in [0.1, 0.15) is 31.1 Å². The third kappa shape index (κ3) is 3.19. The van der Waals surface area contributed by atoms with Gasteiger partial charge in [-0.1, -0.05) is 0 Å². The highest BCUT2D eigenvalue weighted by Gasteiger charge is 2.35. The van der Waals surface area contributed by atoms with Crippen molar-refractivity contribution < 1.29 is 9.53 Å². The zero-order valence-electron chi connectivity index (χ0n) is 15.0. The highest BCUT2D eigenvalue weighted by atomic mass is 16.5. The van der Waals surface area contributed by atoms with Gasteiger partial charge in [-0.05, 0) is 45.0 Å². The summed E-state index contributed by atoms with van der Waals surface area (Å²) in [5.41, 5.74) is 1.87. The molecule has 1 amide bonds. The normalized spacial score (nSPS) is 21.7. The van der Waals surface area contributed by atoms with E-state index in [-0.39, 0.29) is 18.1 Å². The number of ether oxygens (including phenoxy) is 1. The van der Waals surface area contributed by atoms with Gasteiger partial charge in [0.15, 0.2) is 0 Å². The van der Waals surface area contributed by atoms with Crippen molar-refractivity contribution in [2.45, 2.75) is 45.5 Å². The van der Waals surface area contributed by atoms with Crippen LogP contribution in [-0.4, -0.2) is 53.8 Å². The van der Waals surface area contributed by atoms with E-state index in [0.29, 0.717) is 11.6 Å². The largest absolute Gasteiger partial charge is 0.378 e. The quantitative estimate of drug-likeness (QED) is 0.917. The summed E-state index contributed by atoms with van der Waals surface area (Å²) in [5.74, 6) is -0.0289. The highest BCUT2D eigenvalue weighted by Crippen LogP contribution is 2.19. The summed E-state index contributed by atoms with van der Waals surface area (Å²) in [6.45, 7) is 9.07. The topological polar surface area (TPSA) is 46.5 Å². The Bertz CT molecular complexity index is 722. The van der Waals surface area contributed by atoms with E-state index in [9.17, 15) is 4.79 Å². The van der Waals surface area contributed by atoms with Crippen LogP contribution in [0.5, 0.6) is 0 Å². The summed E-state index contributed by atoms with van der Waals surface area (Å²) in [7, 11) is 1.72. The van der Waals surface area contributed by atoms with Crippen LogP contribution in [0.4, 0.5) is 0 Å². The molecule has 130 valence electrons. The summed E-state index contributed by atoms with van der Waals surface area (Å²) in [5, 5.41) is 4.25. The molecule has 1 aliphatic heterocycles. The fourth-order valence-corrected chi connectivity index (χ4v) is 3.47. The van der Waals surface area contributed by atoms with Crippen LogP contribution in [0, 0.1) is 0 Å². The Balaban J connectivity index is 1.74. The molecule has 24 heavy (non-hydrogen) atoms. The Labute approximate surface area is 143 Å². The first kappa shape index (κ1) is 17.0. The van der Waals surface area contributed by atoms with Crippen LogP contribution >= 0.6 is 0 Å². The van der Waals surface area contributed by atoms with Gasteiger partial charge < -0.3 is 14.6 Å². The summed E-state index contributed by atoms with van der Waals surface area (Å²) >= 11 is 0. The summed E-state index contributed by atoms with van der Waals surface area (Å²) < 4.78 is 7.75. The predicted molar refractivity (Wildman–Crippen MR) is 96.4 cm³/mol. The summed E-state index contributed by atoms with van der Waals surface area (Å²) in [6.07, 6.45) is 2.10. The minimum atomic E-state index is -0.0289. The minimum Gasteiger partial charge on any atom is -0.378 e. The molecule has 1 aromatic carbocycles. The van der Waals surface area contributed by atoms with Crippen molar-refractivity contribution >= 4 is 16.8 Å². The second-order valence-electron chi connectivity index (χ2n) is 6.78. The van der Waals surface area contributed by atoms with Crippen molar-refractivity contribution in [2.24, 2.45) is 0 Å². The van der Waals surface area contributed by atoms with E-state index in [2.05, 4.69) is 47.8 Å². The number of likely N-dealkylation sites (tertiary alicyclic amines) is 1. The maximum absolute atomic E-state index is 12.7. The van der Waals surface area contributed by atoms with Gasteiger partial charge in [-0.15, -0.1) is 0 Å². The van der Waals surface area contributed by atoms with Crippen LogP contribution in [0.15, 0.2) is 30.5 Å². The number of carbonyl (C=O) groups is 1. The van der Waals surface area contributed by atoms with Crippen LogP contribution in [0.25, 0.3) is 10.9 Å². The number of rotatable bonds is 5. The van der Waals surface area contributed by atoms with Gasteiger partial charge in [0.1, 0.15) is 0 Å². The standard InChI is InChI=1S/C19H27N3O2/c1-5-21-9-8-14-10-15(6-7-17(14)21)19(23)20-16-11-22(13(2)3)12-18(16)24-4/h6-10,13,16,18H,5,11-12H2,1-4H3,(H,20,23)/t16-,18-/m0/s1. The lowest BCUT2D eigenvalue weighted by Crippen LogP contribution is -2.43. The van der Waals surface area contributed by atoms with Crippen LogP contribution in [0.3, 0.4) is 0 Å². The molecule has 2 heterocycles. The van der Waals surface area contributed by atoms with Gasteiger partial charge in [-0.25, -0.2) is 0 Å². The third-order valence-corrected chi connectivity index (χ3v) is 5.02. The van der Waals surface area contributed by atoms with Crippen molar-refractivity contribution in [1.29, 1.82) is 0 Å². The molecule has 1 saturated heterocycles. The van der Waals surface area contributed by atoms with E-state index in [1.165, 1.54) is 0 Å². The molecule has 3 rings (SSSR count). The summed E-state index contributed by atoms with van der Waals surface area (Å²) in [6, 6.07) is 8.44. The van der Waals surface area contributed by atoms with Crippen LogP contribution in [-0.2, 0) is 11.3 Å². The lowest BCUT2D eigenvalue weighted by molar-refractivity contribution is 0.0753. The number of nitrogens with zero attached hydrogens (tertiary/aromatic N) is 2. The maximum Gasteiger partial charge on any atom is 0.251 e. The number of carbonyl (C=O) groups excluding carboxylic acids is 1. The van der Waals surface area contributed by atoms with E-state index >= 15 is 0 Å². The molecule has 0 saturated carbocycles. The van der Waals surface area contributed by atoms with Crippen molar-refractivity contribution in [2.75, 3.05) is 20.2 Å². The fourth-order valence-electron chi connectivity index (χ4n) is 3.47. The van der Waals surface area contributed by atoms with E-state index < -0.39 is 0 Å². The van der Waals surface area contributed by atoms with Crippen molar-refractivity contribution in [3.63, 3.8) is 0 Å². The Kier molecular flexibility index (Phi) is 4.92. The Morgan fingerprint density at radius 1 is 1.33 bits per heavy atom. The number of aryl methyl sites for hydroxylation is 1. The van der Waals surface area contributed by atoms with Gasteiger partial charge >= 0.3 is 0 Å². The molecular weight excluding hydrogens is 302 g/mol. The van der Waals surface area contributed by atoms with Gasteiger partial charge in [0.2, 0.25) is 0 Å². The number of nitrogens with one attached hydrogen (secondary N) is 1. The predicted octanol–water partition coefficient (Wildman–Crippen LogP) is 2.50. The molecule has 1 N–H and O–H groups in total. The first-order valence-corrected chi connectivity index (χ1v) is 8.70. The van der Waals surface area contributed by atoms with Crippen molar-refractivity contribution in [3.8, 4) is 0 Å². The van der Waals surface area contributed by atoms with Crippen LogP contribution in [0.2, 0.25) is 0 Å². The second-order valence-corrected chi connectivity index (χ2v) is 6.78. The van der Waals surface area contributed by atoms with E-state index in [1.54, 1.807) is 7.11 Å². The van der Waals surface area contributed by atoms with E-state index in [4.69, 9.17) is 4.74 Å². The Morgan fingerprint density at radius 2 is 2.12 bits per heavy atom. The SMILES string of the molecule is CCn1ccc2cc(C(=O)N[C@H]3CN(C(C)C)C[C@@H]3OC)ccc21. The van der Waals surface area contributed by atoms with Gasteiger partial charge in [0.25, 0.3) is 5.91 Å². The molecule has 1 aromatic heterocycles. The molecule has 0 unspecified atom stereocenters.